The van der Waals surface area contributed by atoms with Crippen LogP contribution in [0.2, 0.25) is 0 Å². The van der Waals surface area contributed by atoms with E-state index in [1.54, 1.807) is 18.2 Å². The smallest absolute Gasteiger partial charge is 0.238 e. The maximum atomic E-state index is 11.7. The van der Waals surface area contributed by atoms with Crippen LogP contribution >= 0.6 is 0 Å². The molecule has 110 valence electrons. The van der Waals surface area contributed by atoms with Gasteiger partial charge in [-0.3, -0.25) is 9.59 Å². The van der Waals surface area contributed by atoms with E-state index in [-0.39, 0.29) is 18.4 Å². The van der Waals surface area contributed by atoms with E-state index < -0.39 is 0 Å². The van der Waals surface area contributed by atoms with E-state index in [1.165, 1.54) is 7.11 Å². The van der Waals surface area contributed by atoms with Gasteiger partial charge in [0.25, 0.3) is 0 Å². The summed E-state index contributed by atoms with van der Waals surface area (Å²) in [6.07, 6.45) is 2.29. The Kier molecular flexibility index (Phi) is 6.52. The molecule has 0 unspecified atom stereocenters. The lowest BCUT2D eigenvalue weighted by Gasteiger charge is -2.12. The Bertz CT molecular complexity index is 475. The molecule has 0 saturated carbocycles. The van der Waals surface area contributed by atoms with Gasteiger partial charge in [0.15, 0.2) is 0 Å². The number of nitrogens with one attached hydrogen (secondary N) is 2. The number of nitrogens with two attached hydrogens (primary N) is 1. The predicted molar refractivity (Wildman–Crippen MR) is 78.8 cm³/mol. The third kappa shape index (κ3) is 4.89. The van der Waals surface area contributed by atoms with Gasteiger partial charge in [-0.2, -0.15) is 0 Å². The van der Waals surface area contributed by atoms with Crippen LogP contribution < -0.4 is 21.1 Å². The topological polar surface area (TPSA) is 93.5 Å². The van der Waals surface area contributed by atoms with Gasteiger partial charge in [0.2, 0.25) is 11.8 Å². The molecule has 4 N–H and O–H groups in total. The van der Waals surface area contributed by atoms with Gasteiger partial charge in [-0.1, -0.05) is 13.3 Å². The van der Waals surface area contributed by atoms with E-state index in [4.69, 9.17) is 10.5 Å². The zero-order valence-corrected chi connectivity index (χ0v) is 11.9. The minimum atomic E-state index is -0.322. The average Bonchev–Trinajstić information content (AvgIpc) is 2.45. The molecule has 6 nitrogen and oxygen atoms in total. The molecule has 2 amide bonds. The van der Waals surface area contributed by atoms with Crippen molar-refractivity contribution < 1.29 is 14.3 Å². The van der Waals surface area contributed by atoms with Crippen LogP contribution in [-0.2, 0) is 9.59 Å². The number of rotatable bonds is 7. The highest BCUT2D eigenvalue weighted by atomic mass is 16.5. The van der Waals surface area contributed by atoms with E-state index in [0.717, 1.165) is 12.8 Å². The highest BCUT2D eigenvalue weighted by molar-refractivity contribution is 5.96. The second-order valence-electron chi connectivity index (χ2n) is 4.32. The summed E-state index contributed by atoms with van der Waals surface area (Å²) >= 11 is 0. The Hall–Kier alpha value is -2.08. The van der Waals surface area contributed by atoms with Crippen molar-refractivity contribution in [3.8, 4) is 5.75 Å². The van der Waals surface area contributed by atoms with Crippen LogP contribution in [0.3, 0.4) is 0 Å². The van der Waals surface area contributed by atoms with Crippen LogP contribution in [0, 0.1) is 0 Å². The molecule has 0 fully saturated rings. The monoisotopic (exact) mass is 279 g/mol. The first-order valence-corrected chi connectivity index (χ1v) is 6.58. The van der Waals surface area contributed by atoms with Gasteiger partial charge in [-0.05, 0) is 24.6 Å². The number of benzene rings is 1. The van der Waals surface area contributed by atoms with Crippen LogP contribution in [0.5, 0.6) is 5.75 Å². The fourth-order valence-corrected chi connectivity index (χ4v) is 1.65. The quantitative estimate of drug-likeness (QED) is 0.708. The van der Waals surface area contributed by atoms with Crippen molar-refractivity contribution in [2.24, 2.45) is 5.73 Å². The SMILES string of the molecule is CCCCC(=O)Nc1ccc(OC)c(NC(=O)CN)c1. The summed E-state index contributed by atoms with van der Waals surface area (Å²) in [5.74, 6) is 0.143. The number of hydrogen-bond acceptors (Lipinski definition) is 4. The number of hydrogen-bond donors (Lipinski definition) is 3. The van der Waals surface area contributed by atoms with E-state index in [0.29, 0.717) is 23.5 Å². The molecule has 0 saturated heterocycles. The second kappa shape index (κ2) is 8.16. The number of carbonyl (C=O) groups is 2. The molecule has 0 atom stereocenters. The lowest BCUT2D eigenvalue weighted by atomic mass is 10.2. The Labute approximate surface area is 118 Å². The predicted octanol–water partition coefficient (Wildman–Crippen LogP) is 1.72. The van der Waals surface area contributed by atoms with E-state index in [2.05, 4.69) is 10.6 Å². The molecule has 1 aromatic rings. The zero-order valence-electron chi connectivity index (χ0n) is 11.9. The number of anilines is 2. The van der Waals surface area contributed by atoms with Crippen molar-refractivity contribution in [3.63, 3.8) is 0 Å². The third-order valence-electron chi connectivity index (χ3n) is 2.70. The highest BCUT2D eigenvalue weighted by Crippen LogP contribution is 2.27. The van der Waals surface area contributed by atoms with Crippen LogP contribution in [0.1, 0.15) is 26.2 Å². The molecule has 0 aromatic heterocycles. The fourth-order valence-electron chi connectivity index (χ4n) is 1.65. The molecular formula is C14H21N3O3. The van der Waals surface area contributed by atoms with Crippen molar-refractivity contribution in [1.29, 1.82) is 0 Å². The highest BCUT2D eigenvalue weighted by Gasteiger charge is 2.09. The van der Waals surface area contributed by atoms with Crippen LogP contribution in [0.4, 0.5) is 11.4 Å². The molecular weight excluding hydrogens is 258 g/mol. The lowest BCUT2D eigenvalue weighted by molar-refractivity contribution is -0.116. The molecule has 0 aliphatic heterocycles. The van der Waals surface area contributed by atoms with Crippen LogP contribution in [-0.4, -0.2) is 25.5 Å². The van der Waals surface area contributed by atoms with Gasteiger partial charge in [0.05, 0.1) is 19.3 Å². The molecule has 0 aliphatic rings. The van der Waals surface area contributed by atoms with Crippen LogP contribution in [0.25, 0.3) is 0 Å². The molecule has 0 aliphatic carbocycles. The minimum Gasteiger partial charge on any atom is -0.495 e. The van der Waals surface area contributed by atoms with Crippen molar-refractivity contribution >= 4 is 23.2 Å². The van der Waals surface area contributed by atoms with E-state index in [9.17, 15) is 9.59 Å². The largest absolute Gasteiger partial charge is 0.495 e. The number of amides is 2. The summed E-state index contributed by atoms with van der Waals surface area (Å²) < 4.78 is 5.15. The van der Waals surface area contributed by atoms with Gasteiger partial charge < -0.3 is 21.1 Å². The summed E-state index contributed by atoms with van der Waals surface area (Å²) in [6, 6.07) is 5.05. The summed E-state index contributed by atoms with van der Waals surface area (Å²) in [5, 5.41) is 5.41. The molecule has 0 heterocycles. The molecule has 1 rings (SSSR count). The zero-order chi connectivity index (χ0) is 15.0. The maximum absolute atomic E-state index is 11.7. The number of ether oxygens (including phenoxy) is 1. The molecule has 1 aromatic carbocycles. The molecule has 0 bridgehead atoms. The van der Waals surface area contributed by atoms with Gasteiger partial charge >= 0.3 is 0 Å². The lowest BCUT2D eigenvalue weighted by Crippen LogP contribution is -2.22. The molecule has 6 heteroatoms. The minimum absolute atomic E-state index is 0.0480. The molecule has 0 spiro atoms. The van der Waals surface area contributed by atoms with Crippen LogP contribution in [0.15, 0.2) is 18.2 Å². The summed E-state index contributed by atoms with van der Waals surface area (Å²) in [6.45, 7) is 1.91. The standard InChI is InChI=1S/C14H21N3O3/c1-3-4-5-13(18)16-10-6-7-12(20-2)11(8-10)17-14(19)9-15/h6-8H,3-5,9,15H2,1-2H3,(H,16,18)(H,17,19). The van der Waals surface area contributed by atoms with Gasteiger partial charge in [0, 0.05) is 12.1 Å². The maximum Gasteiger partial charge on any atom is 0.238 e. The van der Waals surface area contributed by atoms with E-state index in [1.807, 2.05) is 6.92 Å². The molecule has 0 radical (unpaired) electrons. The summed E-state index contributed by atoms with van der Waals surface area (Å²) in [7, 11) is 1.51. The Morgan fingerprint density at radius 2 is 2.00 bits per heavy atom. The first kappa shape index (κ1) is 16.0. The van der Waals surface area contributed by atoms with Crippen molar-refractivity contribution in [3.05, 3.63) is 18.2 Å². The van der Waals surface area contributed by atoms with E-state index >= 15 is 0 Å². The van der Waals surface area contributed by atoms with Gasteiger partial charge in [-0.15, -0.1) is 0 Å². The van der Waals surface area contributed by atoms with Gasteiger partial charge in [-0.25, -0.2) is 0 Å². The van der Waals surface area contributed by atoms with Crippen molar-refractivity contribution in [1.82, 2.24) is 0 Å². The second-order valence-corrected chi connectivity index (χ2v) is 4.32. The number of carbonyl (C=O) groups excluding carboxylic acids is 2. The molecule has 20 heavy (non-hydrogen) atoms. The summed E-state index contributed by atoms with van der Waals surface area (Å²) in [5.41, 5.74) is 6.36. The number of methoxy groups -OCH3 is 1. The number of unbranched alkanes of at least 4 members (excludes halogenated alkanes) is 1. The third-order valence-corrected chi connectivity index (χ3v) is 2.70. The fraction of sp³-hybridized carbons (Fsp3) is 0.429. The Morgan fingerprint density at radius 1 is 1.25 bits per heavy atom. The first-order chi connectivity index (χ1) is 9.60. The van der Waals surface area contributed by atoms with Gasteiger partial charge in [0.1, 0.15) is 5.75 Å². The van der Waals surface area contributed by atoms with Crippen molar-refractivity contribution in [2.75, 3.05) is 24.3 Å². The Morgan fingerprint density at radius 3 is 2.60 bits per heavy atom. The normalized spacial score (nSPS) is 9.95. The Balaban J connectivity index is 2.80. The van der Waals surface area contributed by atoms with Crippen molar-refractivity contribution in [2.45, 2.75) is 26.2 Å². The first-order valence-electron chi connectivity index (χ1n) is 6.58. The summed E-state index contributed by atoms with van der Waals surface area (Å²) in [4.78, 5) is 23.0. The average molecular weight is 279 g/mol.